The Morgan fingerprint density at radius 1 is 1.47 bits per heavy atom. The highest BCUT2D eigenvalue weighted by Gasteiger charge is 2.23. The number of hydrogen-bond donors (Lipinski definition) is 0. The van der Waals surface area contributed by atoms with E-state index in [4.69, 9.17) is 0 Å². The molecule has 1 aliphatic rings. The molecule has 0 radical (unpaired) electrons. The van der Waals surface area contributed by atoms with E-state index >= 15 is 0 Å². The van der Waals surface area contributed by atoms with Gasteiger partial charge >= 0.3 is 0 Å². The summed E-state index contributed by atoms with van der Waals surface area (Å²) in [6.45, 7) is 3.95. The zero-order chi connectivity index (χ0) is 12.3. The minimum atomic E-state index is 0.225. The zero-order valence-electron chi connectivity index (χ0n) is 10.1. The summed E-state index contributed by atoms with van der Waals surface area (Å²) in [6, 6.07) is 4.05. The van der Waals surface area contributed by atoms with Gasteiger partial charge in [0.05, 0.1) is 4.88 Å². The molecule has 0 spiro atoms. The van der Waals surface area contributed by atoms with Crippen molar-refractivity contribution < 1.29 is 4.79 Å². The molecule has 1 aromatic heterocycles. The van der Waals surface area contributed by atoms with Crippen molar-refractivity contribution in [3.05, 3.63) is 21.9 Å². The summed E-state index contributed by atoms with van der Waals surface area (Å²) in [4.78, 5) is 16.5. The number of aryl methyl sites for hydroxylation is 1. The maximum Gasteiger partial charge on any atom is 0.263 e. The number of likely N-dealkylation sites (tertiary alicyclic amines) is 1. The lowest BCUT2D eigenvalue weighted by Gasteiger charge is -2.30. The molecule has 2 rings (SSSR count). The molecule has 0 atom stereocenters. The Kier molecular flexibility index (Phi) is 4.62. The van der Waals surface area contributed by atoms with Crippen LogP contribution in [0.1, 0.15) is 34.3 Å². The number of amides is 1. The molecule has 4 heteroatoms. The average molecular weight is 316 g/mol. The van der Waals surface area contributed by atoms with Gasteiger partial charge in [-0.1, -0.05) is 22.9 Å². The molecule has 17 heavy (non-hydrogen) atoms. The smallest absolute Gasteiger partial charge is 0.263 e. The lowest BCUT2D eigenvalue weighted by atomic mass is 9.99. The third-order valence-electron chi connectivity index (χ3n) is 3.34. The van der Waals surface area contributed by atoms with Crippen molar-refractivity contribution in [2.24, 2.45) is 5.92 Å². The molecule has 2 heterocycles. The third-order valence-corrected chi connectivity index (χ3v) is 5.47. The Labute approximate surface area is 115 Å². The van der Waals surface area contributed by atoms with E-state index in [9.17, 15) is 4.79 Å². The predicted octanol–water partition coefficient (Wildman–Crippen LogP) is 3.56. The first-order valence-corrected chi connectivity index (χ1v) is 8.12. The molecule has 0 bridgehead atoms. The number of rotatable bonds is 3. The Bertz CT molecular complexity index is 383. The van der Waals surface area contributed by atoms with E-state index in [0.29, 0.717) is 0 Å². The van der Waals surface area contributed by atoms with E-state index < -0.39 is 0 Å². The minimum absolute atomic E-state index is 0.225. The molecule has 1 amide bonds. The third kappa shape index (κ3) is 3.10. The predicted molar refractivity (Wildman–Crippen MR) is 76.1 cm³/mol. The summed E-state index contributed by atoms with van der Waals surface area (Å²) >= 11 is 5.16. The molecule has 2 nitrogen and oxygen atoms in total. The number of carbonyl (C=O) groups is 1. The van der Waals surface area contributed by atoms with Crippen molar-refractivity contribution in [2.75, 3.05) is 18.4 Å². The van der Waals surface area contributed by atoms with Crippen LogP contribution in [0.2, 0.25) is 0 Å². The fourth-order valence-corrected chi connectivity index (χ4v) is 3.69. The minimum Gasteiger partial charge on any atom is -0.338 e. The average Bonchev–Trinajstić information content (AvgIpc) is 2.87. The molecule has 0 aliphatic carbocycles. The second-order valence-corrected chi connectivity index (χ2v) is 6.33. The standard InChI is InChI=1S/C13H18BrNOS/c1-2-11-3-4-12(17-11)13(16)15-7-5-10(9-14)6-8-15/h3-4,10H,2,5-9H2,1H3. The molecular formula is C13H18BrNOS. The molecule has 94 valence electrons. The van der Waals surface area contributed by atoms with Crippen LogP contribution in [0, 0.1) is 5.92 Å². The van der Waals surface area contributed by atoms with Crippen LogP contribution in [-0.4, -0.2) is 29.2 Å². The van der Waals surface area contributed by atoms with E-state index in [1.54, 1.807) is 11.3 Å². The van der Waals surface area contributed by atoms with Gasteiger partial charge in [0.25, 0.3) is 5.91 Å². The van der Waals surface area contributed by atoms with Gasteiger partial charge in [0.15, 0.2) is 0 Å². The summed E-state index contributed by atoms with van der Waals surface area (Å²) < 4.78 is 0. The number of hydrogen-bond acceptors (Lipinski definition) is 2. The van der Waals surface area contributed by atoms with Crippen LogP contribution in [0.25, 0.3) is 0 Å². The van der Waals surface area contributed by atoms with Gasteiger partial charge in [-0.2, -0.15) is 0 Å². The number of halogens is 1. The van der Waals surface area contributed by atoms with Gasteiger partial charge in [-0.15, -0.1) is 11.3 Å². The normalized spacial score (nSPS) is 17.4. The Balaban J connectivity index is 1.96. The van der Waals surface area contributed by atoms with Gasteiger partial charge in [-0.3, -0.25) is 4.79 Å². The number of carbonyl (C=O) groups excluding carboxylic acids is 1. The monoisotopic (exact) mass is 315 g/mol. The summed E-state index contributed by atoms with van der Waals surface area (Å²) in [7, 11) is 0. The lowest BCUT2D eigenvalue weighted by molar-refractivity contribution is 0.0704. The Morgan fingerprint density at radius 2 is 2.18 bits per heavy atom. The van der Waals surface area contributed by atoms with Crippen LogP contribution in [-0.2, 0) is 6.42 Å². The van der Waals surface area contributed by atoms with Crippen LogP contribution < -0.4 is 0 Å². The maximum absolute atomic E-state index is 12.2. The summed E-state index contributed by atoms with van der Waals surface area (Å²) in [5.74, 6) is 0.969. The van der Waals surface area contributed by atoms with E-state index in [1.807, 2.05) is 11.0 Å². The van der Waals surface area contributed by atoms with Crippen molar-refractivity contribution in [3.63, 3.8) is 0 Å². The largest absolute Gasteiger partial charge is 0.338 e. The van der Waals surface area contributed by atoms with Gasteiger partial charge in [0, 0.05) is 23.3 Å². The van der Waals surface area contributed by atoms with Crippen LogP contribution in [0.5, 0.6) is 0 Å². The van der Waals surface area contributed by atoms with E-state index in [-0.39, 0.29) is 5.91 Å². The van der Waals surface area contributed by atoms with Crippen molar-refractivity contribution in [3.8, 4) is 0 Å². The van der Waals surface area contributed by atoms with Gasteiger partial charge in [0.2, 0.25) is 0 Å². The second kappa shape index (κ2) is 6.01. The molecule has 0 saturated carbocycles. The summed E-state index contributed by atoms with van der Waals surface area (Å²) in [5.41, 5.74) is 0. The van der Waals surface area contributed by atoms with E-state index in [2.05, 4.69) is 28.9 Å². The van der Waals surface area contributed by atoms with Crippen LogP contribution in [0.15, 0.2) is 12.1 Å². The second-order valence-electron chi connectivity index (χ2n) is 4.51. The molecule has 0 unspecified atom stereocenters. The fraction of sp³-hybridized carbons (Fsp3) is 0.615. The Hall–Kier alpha value is -0.350. The quantitative estimate of drug-likeness (QED) is 0.781. The van der Waals surface area contributed by atoms with Crippen molar-refractivity contribution >= 4 is 33.2 Å². The highest BCUT2D eigenvalue weighted by Crippen LogP contribution is 2.23. The maximum atomic E-state index is 12.2. The first-order valence-electron chi connectivity index (χ1n) is 6.18. The van der Waals surface area contributed by atoms with Gasteiger partial charge < -0.3 is 4.90 Å². The highest BCUT2D eigenvalue weighted by atomic mass is 79.9. The van der Waals surface area contributed by atoms with Gasteiger partial charge in [-0.25, -0.2) is 0 Å². The molecule has 1 saturated heterocycles. The first kappa shape index (κ1) is 13.1. The van der Waals surface area contributed by atoms with Crippen molar-refractivity contribution in [1.29, 1.82) is 0 Å². The molecule has 1 aromatic rings. The van der Waals surface area contributed by atoms with Crippen LogP contribution >= 0.6 is 27.3 Å². The SMILES string of the molecule is CCc1ccc(C(=O)N2CCC(CBr)CC2)s1. The van der Waals surface area contributed by atoms with Crippen LogP contribution in [0.4, 0.5) is 0 Å². The van der Waals surface area contributed by atoms with E-state index in [1.165, 1.54) is 4.88 Å². The van der Waals surface area contributed by atoms with Crippen molar-refractivity contribution in [1.82, 2.24) is 4.90 Å². The van der Waals surface area contributed by atoms with Crippen LogP contribution in [0.3, 0.4) is 0 Å². The van der Waals surface area contributed by atoms with Gasteiger partial charge in [-0.05, 0) is 37.3 Å². The number of thiophene rings is 1. The first-order chi connectivity index (χ1) is 8.24. The van der Waals surface area contributed by atoms with E-state index in [0.717, 1.165) is 48.5 Å². The summed E-state index contributed by atoms with van der Waals surface area (Å²) in [5, 5.41) is 1.06. The van der Waals surface area contributed by atoms with Gasteiger partial charge in [0.1, 0.15) is 0 Å². The fourth-order valence-electron chi connectivity index (χ4n) is 2.13. The number of alkyl halides is 1. The molecule has 1 aliphatic heterocycles. The number of nitrogens with zero attached hydrogens (tertiary/aromatic N) is 1. The summed E-state index contributed by atoms with van der Waals surface area (Å²) in [6.07, 6.45) is 3.27. The zero-order valence-corrected chi connectivity index (χ0v) is 12.5. The molecule has 0 aromatic carbocycles. The van der Waals surface area contributed by atoms with Crippen molar-refractivity contribution in [2.45, 2.75) is 26.2 Å². The molecule has 1 fully saturated rings. The highest BCUT2D eigenvalue weighted by molar-refractivity contribution is 9.09. The molecular weight excluding hydrogens is 298 g/mol. The Morgan fingerprint density at radius 3 is 2.71 bits per heavy atom. The topological polar surface area (TPSA) is 20.3 Å². The lowest BCUT2D eigenvalue weighted by Crippen LogP contribution is -2.38. The number of piperidine rings is 1. The molecule has 0 N–H and O–H groups in total.